The fourth-order valence-corrected chi connectivity index (χ4v) is 1.40. The second kappa shape index (κ2) is 4.83. The van der Waals surface area contributed by atoms with Gasteiger partial charge in [0.2, 0.25) is 0 Å². The molecule has 1 aliphatic heterocycles. The lowest BCUT2D eigenvalue weighted by atomic mass is 9.97. The summed E-state index contributed by atoms with van der Waals surface area (Å²) in [5.74, 6) is 1.61. The molecule has 2 nitrogen and oxygen atoms in total. The van der Waals surface area contributed by atoms with Crippen LogP contribution in [0, 0.1) is 11.8 Å². The molecule has 0 aliphatic carbocycles. The maximum absolute atomic E-state index is 5.30. The summed E-state index contributed by atoms with van der Waals surface area (Å²) in [6.45, 7) is 12.3. The number of morpholine rings is 1. The van der Waals surface area contributed by atoms with Crippen molar-refractivity contribution in [3.63, 3.8) is 0 Å². The van der Waals surface area contributed by atoms with Gasteiger partial charge in [0.25, 0.3) is 0 Å². The Morgan fingerprint density at radius 2 is 1.75 bits per heavy atom. The van der Waals surface area contributed by atoms with Gasteiger partial charge in [-0.15, -0.1) is 0 Å². The molecule has 1 saturated heterocycles. The van der Waals surface area contributed by atoms with Gasteiger partial charge in [-0.3, -0.25) is 4.90 Å². The summed E-state index contributed by atoms with van der Waals surface area (Å²) in [4.78, 5) is 2.51. The van der Waals surface area contributed by atoms with Gasteiger partial charge in [0.1, 0.15) is 0 Å². The predicted octanol–water partition coefficient (Wildman–Crippen LogP) is 1.61. The molecule has 0 unspecified atom stereocenters. The molecule has 1 heterocycles. The first kappa shape index (κ1) is 10.0. The van der Waals surface area contributed by atoms with Gasteiger partial charge in [0.15, 0.2) is 0 Å². The van der Waals surface area contributed by atoms with Gasteiger partial charge >= 0.3 is 0 Å². The molecule has 1 rings (SSSR count). The van der Waals surface area contributed by atoms with E-state index in [0.717, 1.165) is 38.1 Å². The van der Waals surface area contributed by atoms with E-state index in [1.807, 2.05) is 0 Å². The van der Waals surface area contributed by atoms with Crippen LogP contribution in [0.3, 0.4) is 0 Å². The van der Waals surface area contributed by atoms with Crippen LogP contribution < -0.4 is 0 Å². The van der Waals surface area contributed by atoms with Crippen LogP contribution >= 0.6 is 0 Å². The van der Waals surface area contributed by atoms with Gasteiger partial charge in [0, 0.05) is 19.6 Å². The van der Waals surface area contributed by atoms with E-state index in [2.05, 4.69) is 25.7 Å². The Balaban J connectivity index is 2.20. The Hall–Kier alpha value is -0.0800. The summed E-state index contributed by atoms with van der Waals surface area (Å²) in [6, 6.07) is 0. The van der Waals surface area contributed by atoms with E-state index >= 15 is 0 Å². The standard InChI is InChI=1S/C10H21NO/c1-9(2)10(3)8-11-4-6-12-7-5-11/h9-10H,4-8H2,1-3H3/t10-/m1/s1. The van der Waals surface area contributed by atoms with Crippen molar-refractivity contribution in [2.45, 2.75) is 20.8 Å². The molecule has 1 fully saturated rings. The topological polar surface area (TPSA) is 12.5 Å². The molecule has 1 atom stereocenters. The van der Waals surface area contributed by atoms with Crippen molar-refractivity contribution in [1.82, 2.24) is 4.90 Å². The van der Waals surface area contributed by atoms with E-state index in [9.17, 15) is 0 Å². The average molecular weight is 171 g/mol. The lowest BCUT2D eigenvalue weighted by Gasteiger charge is -2.30. The largest absolute Gasteiger partial charge is 0.379 e. The molecule has 1 aliphatic rings. The molecule has 0 aromatic carbocycles. The highest BCUT2D eigenvalue weighted by Gasteiger charge is 2.15. The second-order valence-corrected chi connectivity index (χ2v) is 4.13. The van der Waals surface area contributed by atoms with E-state index in [0.29, 0.717) is 0 Å². The summed E-state index contributed by atoms with van der Waals surface area (Å²) in [5, 5.41) is 0. The van der Waals surface area contributed by atoms with Gasteiger partial charge in [0.05, 0.1) is 13.2 Å². The Morgan fingerprint density at radius 3 is 2.25 bits per heavy atom. The number of hydrogen-bond acceptors (Lipinski definition) is 2. The summed E-state index contributed by atoms with van der Waals surface area (Å²) in [7, 11) is 0. The number of hydrogen-bond donors (Lipinski definition) is 0. The minimum Gasteiger partial charge on any atom is -0.379 e. The van der Waals surface area contributed by atoms with Crippen LogP contribution in [0.2, 0.25) is 0 Å². The third kappa shape index (κ3) is 3.11. The molecule has 2 heteroatoms. The minimum atomic E-state index is 0.799. The average Bonchev–Trinajstić information content (AvgIpc) is 2.06. The van der Waals surface area contributed by atoms with Gasteiger partial charge < -0.3 is 4.74 Å². The fraction of sp³-hybridized carbons (Fsp3) is 1.00. The maximum Gasteiger partial charge on any atom is 0.0594 e. The first-order valence-corrected chi connectivity index (χ1v) is 5.00. The molecule has 0 radical (unpaired) electrons. The zero-order valence-corrected chi connectivity index (χ0v) is 8.55. The van der Waals surface area contributed by atoms with Gasteiger partial charge in [-0.2, -0.15) is 0 Å². The van der Waals surface area contributed by atoms with Crippen molar-refractivity contribution in [3.05, 3.63) is 0 Å². The highest BCUT2D eigenvalue weighted by atomic mass is 16.5. The quantitative estimate of drug-likeness (QED) is 0.639. The van der Waals surface area contributed by atoms with Crippen molar-refractivity contribution in [2.24, 2.45) is 11.8 Å². The summed E-state index contributed by atoms with van der Waals surface area (Å²) < 4.78 is 5.30. The SMILES string of the molecule is CC(C)[C@H](C)CN1CCOCC1. The first-order chi connectivity index (χ1) is 5.70. The zero-order chi connectivity index (χ0) is 8.97. The molecule has 0 bridgehead atoms. The van der Waals surface area contributed by atoms with Crippen molar-refractivity contribution >= 4 is 0 Å². The van der Waals surface area contributed by atoms with Crippen LogP contribution in [0.4, 0.5) is 0 Å². The molecule has 0 saturated carbocycles. The normalized spacial score (nSPS) is 23.0. The molecule has 72 valence electrons. The van der Waals surface area contributed by atoms with Crippen LogP contribution in [-0.2, 0) is 4.74 Å². The molecular formula is C10H21NO. The fourth-order valence-electron chi connectivity index (χ4n) is 1.40. The van der Waals surface area contributed by atoms with Crippen LogP contribution in [0.25, 0.3) is 0 Å². The number of rotatable bonds is 3. The Bertz CT molecular complexity index is 119. The molecule has 0 amide bonds. The van der Waals surface area contributed by atoms with Crippen LogP contribution in [0.5, 0.6) is 0 Å². The highest BCUT2D eigenvalue weighted by molar-refractivity contribution is 4.67. The third-order valence-corrected chi connectivity index (χ3v) is 2.79. The van der Waals surface area contributed by atoms with Gasteiger partial charge in [-0.05, 0) is 11.8 Å². The molecule has 0 spiro atoms. The Morgan fingerprint density at radius 1 is 1.17 bits per heavy atom. The molecule has 0 aromatic rings. The van der Waals surface area contributed by atoms with Crippen molar-refractivity contribution in [3.8, 4) is 0 Å². The van der Waals surface area contributed by atoms with E-state index in [1.165, 1.54) is 6.54 Å². The van der Waals surface area contributed by atoms with Crippen molar-refractivity contribution in [1.29, 1.82) is 0 Å². The minimum absolute atomic E-state index is 0.799. The van der Waals surface area contributed by atoms with Gasteiger partial charge in [-0.25, -0.2) is 0 Å². The second-order valence-electron chi connectivity index (χ2n) is 4.13. The smallest absolute Gasteiger partial charge is 0.0594 e. The molecule has 0 N–H and O–H groups in total. The van der Waals surface area contributed by atoms with Crippen LogP contribution in [0.1, 0.15) is 20.8 Å². The van der Waals surface area contributed by atoms with E-state index in [-0.39, 0.29) is 0 Å². The lowest BCUT2D eigenvalue weighted by molar-refractivity contribution is 0.0287. The molecule has 12 heavy (non-hydrogen) atoms. The van der Waals surface area contributed by atoms with Gasteiger partial charge in [-0.1, -0.05) is 20.8 Å². The summed E-state index contributed by atoms with van der Waals surface area (Å²) >= 11 is 0. The lowest BCUT2D eigenvalue weighted by Crippen LogP contribution is -2.39. The maximum atomic E-state index is 5.30. The van der Waals surface area contributed by atoms with Crippen LogP contribution in [0.15, 0.2) is 0 Å². The van der Waals surface area contributed by atoms with E-state index < -0.39 is 0 Å². The molecule has 0 aromatic heterocycles. The number of ether oxygens (including phenoxy) is 1. The predicted molar refractivity (Wildman–Crippen MR) is 51.3 cm³/mol. The Labute approximate surface area is 75.9 Å². The monoisotopic (exact) mass is 171 g/mol. The zero-order valence-electron chi connectivity index (χ0n) is 8.55. The van der Waals surface area contributed by atoms with Crippen molar-refractivity contribution in [2.75, 3.05) is 32.8 Å². The van der Waals surface area contributed by atoms with E-state index in [1.54, 1.807) is 0 Å². The summed E-state index contributed by atoms with van der Waals surface area (Å²) in [5.41, 5.74) is 0. The molecular weight excluding hydrogens is 150 g/mol. The van der Waals surface area contributed by atoms with E-state index in [4.69, 9.17) is 4.74 Å². The highest BCUT2D eigenvalue weighted by Crippen LogP contribution is 2.12. The van der Waals surface area contributed by atoms with Crippen LogP contribution in [-0.4, -0.2) is 37.7 Å². The third-order valence-electron chi connectivity index (χ3n) is 2.79. The summed E-state index contributed by atoms with van der Waals surface area (Å²) in [6.07, 6.45) is 0. The first-order valence-electron chi connectivity index (χ1n) is 5.00. The number of nitrogens with zero attached hydrogens (tertiary/aromatic N) is 1. The Kier molecular flexibility index (Phi) is 4.02. The van der Waals surface area contributed by atoms with Crippen molar-refractivity contribution < 1.29 is 4.74 Å².